The number of hydrogen-bond acceptors (Lipinski definition) is 6. The fraction of sp³-hybridized carbons (Fsp3) is 0.429. The molecule has 118 valence electrons. The quantitative estimate of drug-likeness (QED) is 0.671. The van der Waals surface area contributed by atoms with Crippen LogP contribution in [0.4, 0.5) is 0 Å². The highest BCUT2D eigenvalue weighted by Crippen LogP contribution is 2.33. The Labute approximate surface area is 126 Å². The van der Waals surface area contributed by atoms with Crippen LogP contribution in [0.5, 0.6) is 5.88 Å². The highest BCUT2D eigenvalue weighted by Gasteiger charge is 2.29. The van der Waals surface area contributed by atoms with Crippen LogP contribution >= 0.6 is 0 Å². The van der Waals surface area contributed by atoms with Gasteiger partial charge in [0.25, 0.3) is 0 Å². The molecule has 0 amide bonds. The zero-order valence-corrected chi connectivity index (χ0v) is 12.0. The molecular weight excluding hydrogens is 290 g/mol. The maximum atomic E-state index is 9.10. The van der Waals surface area contributed by atoms with E-state index in [-0.39, 0.29) is 0 Å². The Morgan fingerprint density at radius 1 is 1.23 bits per heavy atom. The van der Waals surface area contributed by atoms with Gasteiger partial charge in [0.1, 0.15) is 0 Å². The van der Waals surface area contributed by atoms with Crippen molar-refractivity contribution in [2.24, 2.45) is 5.92 Å². The van der Waals surface area contributed by atoms with Crippen LogP contribution in [0.1, 0.15) is 18.5 Å². The molecule has 1 aromatic rings. The van der Waals surface area contributed by atoms with Gasteiger partial charge in [-0.3, -0.25) is 0 Å². The Morgan fingerprint density at radius 2 is 1.95 bits per heavy atom. The van der Waals surface area contributed by atoms with E-state index in [2.05, 4.69) is 21.4 Å². The molecule has 1 aromatic heterocycles. The second kappa shape index (κ2) is 6.99. The molecule has 1 fully saturated rings. The van der Waals surface area contributed by atoms with Gasteiger partial charge in [0.05, 0.1) is 25.2 Å². The van der Waals surface area contributed by atoms with Crippen molar-refractivity contribution in [3.8, 4) is 5.88 Å². The lowest BCUT2D eigenvalue weighted by Gasteiger charge is -2.36. The van der Waals surface area contributed by atoms with Crippen molar-refractivity contribution in [2.45, 2.75) is 18.9 Å². The average Bonchev–Trinajstić information content (AvgIpc) is 2.56. The van der Waals surface area contributed by atoms with Crippen molar-refractivity contribution in [1.82, 2.24) is 15.3 Å². The van der Waals surface area contributed by atoms with E-state index in [9.17, 15) is 0 Å². The summed E-state index contributed by atoms with van der Waals surface area (Å²) in [6.45, 7) is 1.11. The Balaban J connectivity index is 0.000000254. The molecule has 2 unspecified atom stereocenters. The van der Waals surface area contributed by atoms with E-state index in [1.165, 1.54) is 18.4 Å². The number of piperidine rings is 1. The number of aliphatic carboxylic acids is 2. The molecule has 0 spiro atoms. The van der Waals surface area contributed by atoms with Crippen LogP contribution in [0, 0.1) is 5.92 Å². The third-order valence-electron chi connectivity index (χ3n) is 3.56. The minimum absolute atomic E-state index is 0.465. The summed E-state index contributed by atoms with van der Waals surface area (Å²) in [6, 6.07) is 0.465. The molecule has 1 aliphatic carbocycles. The molecule has 2 aliphatic heterocycles. The van der Waals surface area contributed by atoms with Crippen molar-refractivity contribution in [1.29, 1.82) is 0 Å². The molecule has 2 atom stereocenters. The summed E-state index contributed by atoms with van der Waals surface area (Å²) in [5.41, 5.74) is 2.28. The minimum atomic E-state index is -1.82. The summed E-state index contributed by atoms with van der Waals surface area (Å²) in [5.74, 6) is -2.41. The second-order valence-electron chi connectivity index (χ2n) is 4.97. The largest absolute Gasteiger partial charge is 0.480 e. The molecule has 1 saturated heterocycles. The van der Waals surface area contributed by atoms with E-state index >= 15 is 0 Å². The third-order valence-corrected chi connectivity index (χ3v) is 3.56. The Bertz CT molecular complexity index is 565. The summed E-state index contributed by atoms with van der Waals surface area (Å²) in [6.07, 6.45) is 8.33. The lowest BCUT2D eigenvalue weighted by molar-refractivity contribution is -0.159. The molecule has 0 radical (unpaired) electrons. The van der Waals surface area contributed by atoms with Crippen molar-refractivity contribution in [3.05, 3.63) is 24.2 Å². The van der Waals surface area contributed by atoms with Crippen molar-refractivity contribution in [2.75, 3.05) is 13.7 Å². The predicted octanol–water partition coefficient (Wildman–Crippen LogP) is 0.406. The van der Waals surface area contributed by atoms with Gasteiger partial charge < -0.3 is 20.3 Å². The lowest BCUT2D eigenvalue weighted by Crippen LogP contribution is -2.43. The highest BCUT2D eigenvalue weighted by atomic mass is 16.5. The molecule has 4 rings (SSSR count). The van der Waals surface area contributed by atoms with Crippen LogP contribution in [0.3, 0.4) is 0 Å². The van der Waals surface area contributed by atoms with Crippen LogP contribution in [-0.4, -0.2) is 51.8 Å². The minimum Gasteiger partial charge on any atom is -0.480 e. The van der Waals surface area contributed by atoms with Gasteiger partial charge in [-0.2, -0.15) is 0 Å². The van der Waals surface area contributed by atoms with E-state index < -0.39 is 11.9 Å². The number of hydrogen-bond donors (Lipinski definition) is 3. The smallest absolute Gasteiger partial charge is 0.414 e. The first kappa shape index (κ1) is 15.9. The number of aromatic nitrogens is 2. The Hall–Kier alpha value is -2.48. The summed E-state index contributed by atoms with van der Waals surface area (Å²) >= 11 is 0. The summed E-state index contributed by atoms with van der Waals surface area (Å²) in [4.78, 5) is 26.8. The number of fused-ring (bicyclic) bond motifs is 2. The number of rotatable bonds is 2. The van der Waals surface area contributed by atoms with Crippen LogP contribution in [-0.2, 0) is 9.59 Å². The van der Waals surface area contributed by atoms with Gasteiger partial charge in [-0.15, -0.1) is 0 Å². The molecule has 3 aliphatic rings. The van der Waals surface area contributed by atoms with Crippen molar-refractivity contribution < 1.29 is 24.5 Å². The van der Waals surface area contributed by atoms with Crippen molar-refractivity contribution in [3.63, 3.8) is 0 Å². The highest BCUT2D eigenvalue weighted by molar-refractivity contribution is 6.27. The molecule has 0 saturated carbocycles. The first-order valence-electron chi connectivity index (χ1n) is 6.79. The van der Waals surface area contributed by atoms with Crippen LogP contribution in [0.15, 0.2) is 18.5 Å². The normalized spacial score (nSPS) is 22.1. The molecule has 0 aromatic carbocycles. The van der Waals surface area contributed by atoms with Gasteiger partial charge >= 0.3 is 11.9 Å². The predicted molar refractivity (Wildman–Crippen MR) is 76.3 cm³/mol. The zero-order valence-electron chi connectivity index (χ0n) is 12.0. The third kappa shape index (κ3) is 3.79. The maximum absolute atomic E-state index is 9.10. The molecular formula is C14H17N3O5. The van der Waals surface area contributed by atoms with Crippen LogP contribution in [0.2, 0.25) is 0 Å². The molecule has 8 nitrogen and oxygen atoms in total. The van der Waals surface area contributed by atoms with Gasteiger partial charge in [0, 0.05) is 12.6 Å². The molecule has 8 heteroatoms. The second-order valence-corrected chi connectivity index (χ2v) is 4.97. The van der Waals surface area contributed by atoms with Gasteiger partial charge in [-0.05, 0) is 24.3 Å². The fourth-order valence-electron chi connectivity index (χ4n) is 2.49. The maximum Gasteiger partial charge on any atom is 0.414 e. The average molecular weight is 307 g/mol. The van der Waals surface area contributed by atoms with Gasteiger partial charge in [0.2, 0.25) is 5.88 Å². The topological polar surface area (TPSA) is 122 Å². The van der Waals surface area contributed by atoms with Gasteiger partial charge in [-0.25, -0.2) is 19.6 Å². The number of nitrogens with zero attached hydrogens (tertiary/aromatic N) is 2. The Morgan fingerprint density at radius 3 is 2.32 bits per heavy atom. The fourth-order valence-corrected chi connectivity index (χ4v) is 2.49. The van der Waals surface area contributed by atoms with E-state index in [0.29, 0.717) is 17.8 Å². The first-order valence-corrected chi connectivity index (χ1v) is 6.79. The van der Waals surface area contributed by atoms with E-state index in [0.717, 1.165) is 12.2 Å². The summed E-state index contributed by atoms with van der Waals surface area (Å²) < 4.78 is 5.01. The van der Waals surface area contributed by atoms with Crippen LogP contribution in [0.25, 0.3) is 5.57 Å². The number of carboxylic acids is 2. The van der Waals surface area contributed by atoms with Gasteiger partial charge in [-0.1, -0.05) is 6.08 Å². The van der Waals surface area contributed by atoms with Crippen LogP contribution < -0.4 is 10.1 Å². The first-order chi connectivity index (χ1) is 10.5. The molecule has 22 heavy (non-hydrogen) atoms. The number of nitrogens with one attached hydrogen (secondary N) is 1. The number of ether oxygens (including phenoxy) is 1. The van der Waals surface area contributed by atoms with E-state index in [1.54, 1.807) is 19.5 Å². The SMILES string of the molecule is COc1cnc(C2=CC3CCC2NC3)cn1.O=C(O)C(=O)O. The number of methoxy groups -OCH3 is 1. The standard InChI is InChI=1S/C12H15N3O.C2H2O4/c1-16-12-7-14-11(6-15-12)9-4-8-2-3-10(9)13-5-8;3-1(4)2(5)6/h4,6-8,10,13H,2-3,5H2,1H3;(H,3,4)(H,5,6). The number of carboxylic acid groups (broad SMARTS) is 2. The molecule has 3 N–H and O–H groups in total. The van der Waals surface area contributed by atoms with Crippen molar-refractivity contribution >= 4 is 17.5 Å². The Kier molecular flexibility index (Phi) is 5.05. The van der Waals surface area contributed by atoms with Gasteiger partial charge in [0.15, 0.2) is 0 Å². The monoisotopic (exact) mass is 307 g/mol. The zero-order chi connectivity index (χ0) is 16.1. The van der Waals surface area contributed by atoms with E-state index in [1.807, 2.05) is 0 Å². The number of carbonyl (C=O) groups is 2. The molecule has 2 bridgehead atoms. The summed E-state index contributed by atoms with van der Waals surface area (Å²) in [5, 5.41) is 18.3. The molecule has 3 heterocycles. The summed E-state index contributed by atoms with van der Waals surface area (Å²) in [7, 11) is 1.60. The van der Waals surface area contributed by atoms with E-state index in [4.69, 9.17) is 24.5 Å². The lowest BCUT2D eigenvalue weighted by atomic mass is 9.81.